The van der Waals surface area contributed by atoms with Crippen molar-refractivity contribution in [3.63, 3.8) is 0 Å². The first-order valence-electron chi connectivity index (χ1n) is 5.92. The highest BCUT2D eigenvalue weighted by molar-refractivity contribution is 5.89. The molecular formula is C13H19N3O2. The molecule has 98 valence electrons. The number of carbonyl (C=O) groups excluding carboxylic acids is 2. The molecule has 1 rings (SSSR count). The van der Waals surface area contributed by atoms with Gasteiger partial charge in [0, 0.05) is 18.8 Å². The van der Waals surface area contributed by atoms with Crippen LogP contribution in [-0.4, -0.2) is 25.5 Å². The quantitative estimate of drug-likeness (QED) is 0.529. The van der Waals surface area contributed by atoms with E-state index >= 15 is 0 Å². The fourth-order valence-corrected chi connectivity index (χ4v) is 1.45. The average Bonchev–Trinajstić information content (AvgIpc) is 2.34. The van der Waals surface area contributed by atoms with Crippen LogP contribution in [-0.2, 0) is 4.79 Å². The first kappa shape index (κ1) is 14.0. The number of hydrogen-bond donors (Lipinski definition) is 3. The first-order valence-corrected chi connectivity index (χ1v) is 5.92. The third-order valence-corrected chi connectivity index (χ3v) is 2.63. The summed E-state index contributed by atoms with van der Waals surface area (Å²) >= 11 is 0. The van der Waals surface area contributed by atoms with E-state index in [2.05, 4.69) is 16.0 Å². The van der Waals surface area contributed by atoms with Crippen LogP contribution in [0.2, 0.25) is 0 Å². The summed E-state index contributed by atoms with van der Waals surface area (Å²) in [6, 6.07) is 5.54. The third-order valence-electron chi connectivity index (χ3n) is 2.63. The normalized spacial score (nSPS) is 9.67. The van der Waals surface area contributed by atoms with Crippen molar-refractivity contribution in [2.75, 3.05) is 18.4 Å². The Balaban J connectivity index is 2.31. The number of urea groups is 1. The highest BCUT2D eigenvalue weighted by Crippen LogP contribution is 2.13. The third kappa shape index (κ3) is 4.86. The maximum Gasteiger partial charge on any atom is 0.319 e. The Morgan fingerprint density at radius 1 is 1.22 bits per heavy atom. The molecule has 0 atom stereocenters. The largest absolute Gasteiger partial charge is 0.359 e. The number of amides is 3. The topological polar surface area (TPSA) is 70.2 Å². The maximum atomic E-state index is 11.5. The molecule has 1 aromatic rings. The second kappa shape index (κ2) is 7.32. The molecule has 0 unspecified atom stereocenters. The maximum absolute atomic E-state index is 11.5. The van der Waals surface area contributed by atoms with Crippen molar-refractivity contribution in [1.82, 2.24) is 10.6 Å². The number of rotatable bonds is 6. The lowest BCUT2D eigenvalue weighted by molar-refractivity contribution is -0.109. The zero-order valence-corrected chi connectivity index (χ0v) is 10.7. The zero-order valence-electron chi connectivity index (χ0n) is 10.7. The molecule has 0 saturated heterocycles. The van der Waals surface area contributed by atoms with Crippen LogP contribution in [0, 0.1) is 13.8 Å². The number of carbonyl (C=O) groups is 2. The van der Waals surface area contributed by atoms with Crippen molar-refractivity contribution in [3.05, 3.63) is 29.3 Å². The molecule has 0 aliphatic rings. The minimum Gasteiger partial charge on any atom is -0.359 e. The first-order chi connectivity index (χ1) is 8.63. The van der Waals surface area contributed by atoms with Gasteiger partial charge in [0.1, 0.15) is 0 Å². The summed E-state index contributed by atoms with van der Waals surface area (Å²) in [6.07, 6.45) is 1.36. The van der Waals surface area contributed by atoms with E-state index in [9.17, 15) is 9.59 Å². The van der Waals surface area contributed by atoms with E-state index in [4.69, 9.17) is 0 Å². The fraction of sp³-hybridized carbons (Fsp3) is 0.385. The van der Waals surface area contributed by atoms with Crippen LogP contribution in [0.15, 0.2) is 18.2 Å². The van der Waals surface area contributed by atoms with Gasteiger partial charge in [-0.05, 0) is 43.5 Å². The van der Waals surface area contributed by atoms with E-state index in [1.165, 1.54) is 5.56 Å². The molecule has 0 heterocycles. The lowest BCUT2D eigenvalue weighted by atomic mass is 10.1. The molecule has 5 nitrogen and oxygen atoms in total. The fourth-order valence-electron chi connectivity index (χ4n) is 1.45. The summed E-state index contributed by atoms with van der Waals surface area (Å²) in [5.74, 6) is 0. The molecule has 3 amide bonds. The van der Waals surface area contributed by atoms with Crippen LogP contribution < -0.4 is 16.0 Å². The molecule has 3 N–H and O–H groups in total. The predicted octanol–water partition coefficient (Wildman–Crippen LogP) is 1.56. The summed E-state index contributed by atoms with van der Waals surface area (Å²) in [4.78, 5) is 21.5. The monoisotopic (exact) mass is 249 g/mol. The van der Waals surface area contributed by atoms with Crippen molar-refractivity contribution in [3.8, 4) is 0 Å². The van der Waals surface area contributed by atoms with Crippen LogP contribution in [0.5, 0.6) is 0 Å². The van der Waals surface area contributed by atoms with Crippen LogP contribution in [0.1, 0.15) is 17.5 Å². The Morgan fingerprint density at radius 2 is 2.00 bits per heavy atom. The highest BCUT2D eigenvalue weighted by atomic mass is 16.2. The molecule has 0 aliphatic heterocycles. The van der Waals surface area contributed by atoms with Gasteiger partial charge in [-0.15, -0.1) is 0 Å². The molecule has 0 spiro atoms. The molecular weight excluding hydrogens is 230 g/mol. The molecule has 5 heteroatoms. The minimum absolute atomic E-state index is 0.232. The predicted molar refractivity (Wildman–Crippen MR) is 71.6 cm³/mol. The average molecular weight is 249 g/mol. The van der Waals surface area contributed by atoms with Gasteiger partial charge >= 0.3 is 6.03 Å². The molecule has 0 fully saturated rings. The summed E-state index contributed by atoms with van der Waals surface area (Å²) < 4.78 is 0. The smallest absolute Gasteiger partial charge is 0.319 e. The number of benzene rings is 1. The van der Waals surface area contributed by atoms with E-state index in [1.54, 1.807) is 0 Å². The highest BCUT2D eigenvalue weighted by Gasteiger charge is 2.01. The molecule has 0 radical (unpaired) electrons. The summed E-state index contributed by atoms with van der Waals surface area (Å²) in [7, 11) is 0. The van der Waals surface area contributed by atoms with E-state index in [0.29, 0.717) is 25.9 Å². The Labute approximate surface area is 107 Å². The Kier molecular flexibility index (Phi) is 5.70. The molecule has 0 aliphatic carbocycles. The van der Waals surface area contributed by atoms with Gasteiger partial charge in [-0.1, -0.05) is 6.07 Å². The van der Waals surface area contributed by atoms with Gasteiger partial charge in [-0.3, -0.25) is 4.79 Å². The van der Waals surface area contributed by atoms with Gasteiger partial charge in [0.15, 0.2) is 0 Å². The van der Waals surface area contributed by atoms with Gasteiger partial charge in [0.2, 0.25) is 6.41 Å². The van der Waals surface area contributed by atoms with E-state index in [0.717, 1.165) is 11.3 Å². The van der Waals surface area contributed by atoms with Gasteiger partial charge in [0.05, 0.1) is 0 Å². The molecule has 0 bridgehead atoms. The van der Waals surface area contributed by atoms with Crippen LogP contribution in [0.4, 0.5) is 10.5 Å². The van der Waals surface area contributed by atoms with Crippen molar-refractivity contribution in [2.45, 2.75) is 20.3 Å². The Bertz CT molecular complexity index is 419. The van der Waals surface area contributed by atoms with Gasteiger partial charge in [-0.2, -0.15) is 0 Å². The standard InChI is InChI=1S/C13H19N3O2/c1-10-4-5-12(8-11(10)2)16-13(18)15-7-3-6-14-9-17/h4-5,8-9H,3,6-7H2,1-2H3,(H,14,17)(H2,15,16,18). The van der Waals surface area contributed by atoms with Crippen molar-refractivity contribution < 1.29 is 9.59 Å². The van der Waals surface area contributed by atoms with Gasteiger partial charge < -0.3 is 16.0 Å². The molecule has 18 heavy (non-hydrogen) atoms. The van der Waals surface area contributed by atoms with E-state index in [-0.39, 0.29) is 6.03 Å². The van der Waals surface area contributed by atoms with Crippen LogP contribution >= 0.6 is 0 Å². The minimum atomic E-state index is -0.232. The van der Waals surface area contributed by atoms with Crippen molar-refractivity contribution in [1.29, 1.82) is 0 Å². The second-order valence-electron chi connectivity index (χ2n) is 4.11. The number of anilines is 1. The molecule has 0 saturated carbocycles. The molecule has 1 aromatic carbocycles. The number of nitrogens with one attached hydrogen (secondary N) is 3. The number of hydrogen-bond acceptors (Lipinski definition) is 2. The number of aryl methyl sites for hydroxylation is 2. The summed E-state index contributed by atoms with van der Waals surface area (Å²) in [6.45, 7) is 5.12. The van der Waals surface area contributed by atoms with E-state index < -0.39 is 0 Å². The summed E-state index contributed by atoms with van der Waals surface area (Å²) in [5, 5.41) is 8.01. The lowest BCUT2D eigenvalue weighted by Gasteiger charge is -2.09. The Morgan fingerprint density at radius 3 is 2.67 bits per heavy atom. The zero-order chi connectivity index (χ0) is 13.4. The van der Waals surface area contributed by atoms with Crippen molar-refractivity contribution in [2.24, 2.45) is 0 Å². The van der Waals surface area contributed by atoms with E-state index in [1.807, 2.05) is 32.0 Å². The Hall–Kier alpha value is -2.04. The van der Waals surface area contributed by atoms with Gasteiger partial charge in [0.25, 0.3) is 0 Å². The van der Waals surface area contributed by atoms with Crippen molar-refractivity contribution >= 4 is 18.1 Å². The molecule has 0 aromatic heterocycles. The lowest BCUT2D eigenvalue weighted by Crippen LogP contribution is -2.31. The second-order valence-corrected chi connectivity index (χ2v) is 4.11. The SMILES string of the molecule is Cc1ccc(NC(=O)NCCCNC=O)cc1C. The van der Waals surface area contributed by atoms with Crippen LogP contribution in [0.3, 0.4) is 0 Å². The summed E-state index contributed by atoms with van der Waals surface area (Å²) in [5.41, 5.74) is 3.12. The van der Waals surface area contributed by atoms with Crippen LogP contribution in [0.25, 0.3) is 0 Å². The van der Waals surface area contributed by atoms with Gasteiger partial charge in [-0.25, -0.2) is 4.79 Å².